The lowest BCUT2D eigenvalue weighted by Gasteiger charge is -2.09. The van der Waals surface area contributed by atoms with Crippen LogP contribution in [0.5, 0.6) is 11.5 Å². The maximum Gasteiger partial charge on any atom is 0.678 e. The van der Waals surface area contributed by atoms with Gasteiger partial charge in [0.1, 0.15) is 17.2 Å². The van der Waals surface area contributed by atoms with Gasteiger partial charge in [-0.3, -0.25) is 18.2 Å². The minimum absolute atomic E-state index is 0.0297. The van der Waals surface area contributed by atoms with Gasteiger partial charge >= 0.3 is 19.3 Å². The van der Waals surface area contributed by atoms with Crippen LogP contribution in [0.2, 0.25) is 0 Å². The fourth-order valence-corrected chi connectivity index (χ4v) is 5.17. The fourth-order valence-electron chi connectivity index (χ4n) is 5.17. The van der Waals surface area contributed by atoms with Crippen LogP contribution in [0.3, 0.4) is 0 Å². The van der Waals surface area contributed by atoms with E-state index in [0.717, 1.165) is 10.0 Å². The number of nitrogens with zero attached hydrogens (tertiary/aromatic N) is 2. The number of allylic oxidation sites excluding steroid dienone is 2. The molecule has 0 spiro atoms. The molecule has 0 radical (unpaired) electrons. The van der Waals surface area contributed by atoms with Crippen LogP contribution < -0.4 is 9.47 Å². The molecular weight excluding hydrogens is 617 g/mol. The third-order valence-electron chi connectivity index (χ3n) is 7.88. The van der Waals surface area contributed by atoms with Gasteiger partial charge in [-0.15, -0.1) is 0 Å². The molecule has 48 heavy (non-hydrogen) atoms. The SMILES string of the molecule is COC(=O)CCC1=C(C)C(C#Cc2ccc(OC)cc2)=N/C1=C\c1c(CCC(=O)OC)c(C)c(C#Cc2ccc(OC)cc2)n1B(F)F. The summed E-state index contributed by atoms with van der Waals surface area (Å²) in [6.45, 7) is 3.53. The molecule has 8 nitrogen and oxygen atoms in total. The highest BCUT2D eigenvalue weighted by atomic mass is 19.2. The molecule has 4 rings (SSSR count). The molecule has 0 bridgehead atoms. The summed E-state index contributed by atoms with van der Waals surface area (Å²) in [6.07, 6.45) is 1.96. The van der Waals surface area contributed by atoms with Crippen LogP contribution in [0.15, 0.2) is 70.4 Å². The Bertz CT molecular complexity index is 1900. The van der Waals surface area contributed by atoms with Crippen molar-refractivity contribution in [3.63, 3.8) is 0 Å². The topological polar surface area (TPSA) is 88.4 Å². The first-order valence-corrected chi connectivity index (χ1v) is 15.1. The van der Waals surface area contributed by atoms with Crippen LogP contribution in [0.25, 0.3) is 6.08 Å². The summed E-state index contributed by atoms with van der Waals surface area (Å²) >= 11 is 0. The zero-order chi connectivity index (χ0) is 34.8. The smallest absolute Gasteiger partial charge is 0.497 e. The number of ether oxygens (including phenoxy) is 4. The van der Waals surface area contributed by atoms with Crippen LogP contribution in [0, 0.1) is 30.6 Å². The van der Waals surface area contributed by atoms with E-state index in [2.05, 4.69) is 23.7 Å². The summed E-state index contributed by atoms with van der Waals surface area (Å²) in [4.78, 5) is 29.0. The molecule has 0 N–H and O–H groups in total. The maximum atomic E-state index is 15.0. The van der Waals surface area contributed by atoms with E-state index in [1.54, 1.807) is 63.6 Å². The lowest BCUT2D eigenvalue weighted by molar-refractivity contribution is -0.141. The first-order valence-electron chi connectivity index (χ1n) is 15.1. The Morgan fingerprint density at radius 2 is 1.31 bits per heavy atom. The molecular formula is C37H35BF2N2O6. The summed E-state index contributed by atoms with van der Waals surface area (Å²) in [7, 11) is 2.74. The second-order valence-corrected chi connectivity index (χ2v) is 10.7. The number of rotatable bonds is 10. The molecule has 1 aliphatic rings. The van der Waals surface area contributed by atoms with Gasteiger partial charge in [-0.25, -0.2) is 4.99 Å². The number of hydrogen-bond donors (Lipinski definition) is 0. The van der Waals surface area contributed by atoms with Gasteiger partial charge in [-0.2, -0.15) is 0 Å². The van der Waals surface area contributed by atoms with E-state index in [1.165, 1.54) is 14.2 Å². The van der Waals surface area contributed by atoms with E-state index in [9.17, 15) is 18.2 Å². The molecule has 246 valence electrons. The van der Waals surface area contributed by atoms with Crippen molar-refractivity contribution in [1.82, 2.24) is 4.48 Å². The molecule has 2 heterocycles. The number of aromatic nitrogens is 1. The number of methoxy groups -OCH3 is 4. The average molecular weight is 653 g/mol. The van der Waals surface area contributed by atoms with Crippen LogP contribution in [-0.4, -0.2) is 58.0 Å². The Morgan fingerprint density at radius 3 is 1.81 bits per heavy atom. The predicted molar refractivity (Wildman–Crippen MR) is 181 cm³/mol. The first-order chi connectivity index (χ1) is 23.1. The van der Waals surface area contributed by atoms with Gasteiger partial charge in [0, 0.05) is 29.7 Å². The van der Waals surface area contributed by atoms with Crippen LogP contribution in [0.1, 0.15) is 59.8 Å². The van der Waals surface area contributed by atoms with Gasteiger partial charge in [0.15, 0.2) is 0 Å². The Kier molecular flexibility index (Phi) is 12.0. The molecule has 1 aliphatic heterocycles. The minimum atomic E-state index is -2.97. The van der Waals surface area contributed by atoms with Crippen molar-refractivity contribution in [3.8, 4) is 35.2 Å². The molecule has 0 aliphatic carbocycles. The van der Waals surface area contributed by atoms with Crippen molar-refractivity contribution in [2.75, 3.05) is 28.4 Å². The monoisotopic (exact) mass is 652 g/mol. The highest BCUT2D eigenvalue weighted by Gasteiger charge is 2.30. The van der Waals surface area contributed by atoms with Crippen molar-refractivity contribution in [2.45, 2.75) is 39.5 Å². The van der Waals surface area contributed by atoms with Crippen LogP contribution in [0.4, 0.5) is 8.63 Å². The summed E-state index contributed by atoms with van der Waals surface area (Å²) in [5, 5.41) is 0. The number of aliphatic imine (C=N–C) groups is 1. The van der Waals surface area contributed by atoms with Gasteiger partial charge in [0.2, 0.25) is 0 Å². The van der Waals surface area contributed by atoms with Crippen LogP contribution in [-0.2, 0) is 25.5 Å². The number of benzene rings is 2. The van der Waals surface area contributed by atoms with Gasteiger partial charge in [0.05, 0.1) is 39.8 Å². The largest absolute Gasteiger partial charge is 0.678 e. The molecule has 0 saturated carbocycles. The van der Waals surface area contributed by atoms with Gasteiger partial charge in [0.25, 0.3) is 0 Å². The van der Waals surface area contributed by atoms with E-state index in [4.69, 9.17) is 23.9 Å². The van der Waals surface area contributed by atoms with Crippen molar-refractivity contribution < 1.29 is 37.2 Å². The van der Waals surface area contributed by atoms with Gasteiger partial charge < -0.3 is 23.4 Å². The van der Waals surface area contributed by atoms with E-state index in [1.807, 2.05) is 19.1 Å². The highest BCUT2D eigenvalue weighted by Crippen LogP contribution is 2.34. The number of hydrogen-bond acceptors (Lipinski definition) is 7. The zero-order valence-electron chi connectivity index (χ0n) is 27.7. The molecule has 0 fully saturated rings. The molecule has 0 saturated heterocycles. The second kappa shape index (κ2) is 16.3. The summed E-state index contributed by atoms with van der Waals surface area (Å²) < 4.78 is 50.9. The molecule has 0 unspecified atom stereocenters. The highest BCUT2D eigenvalue weighted by molar-refractivity contribution is 6.41. The van der Waals surface area contributed by atoms with E-state index in [0.29, 0.717) is 50.7 Å². The third kappa shape index (κ3) is 8.43. The average Bonchev–Trinajstić information content (AvgIpc) is 3.54. The Hall–Kier alpha value is -5.55. The molecule has 0 atom stereocenters. The predicted octanol–water partition coefficient (Wildman–Crippen LogP) is 6.21. The third-order valence-corrected chi connectivity index (χ3v) is 7.88. The van der Waals surface area contributed by atoms with E-state index < -0.39 is 19.3 Å². The lowest BCUT2D eigenvalue weighted by atomic mass is 9.98. The standard InChI is InChI=1S/C37H35BF2N2O6/c1-24-30(17-21-36(43)47-5)33(41-32(24)19-11-26-7-13-28(45-3)14-8-26)23-35-31(18-22-37(44)48-6)25(2)34(42(35)38(39)40)20-12-27-9-15-29(46-4)16-10-27/h7-10,13-16,23H,17-18,21-22H2,1-6H3/b33-23-. The summed E-state index contributed by atoms with van der Waals surface area (Å²) in [5.41, 5.74) is 4.81. The fraction of sp³-hybridized carbons (Fsp3) is 0.270. The van der Waals surface area contributed by atoms with Crippen molar-refractivity contribution >= 4 is 31.1 Å². The molecule has 1 aromatic heterocycles. The first kappa shape index (κ1) is 35.3. The number of carbonyl (C=O) groups excluding carboxylic acids is 2. The maximum absolute atomic E-state index is 15.0. The Morgan fingerprint density at radius 1 is 0.792 bits per heavy atom. The van der Waals surface area contributed by atoms with Crippen LogP contribution >= 0.6 is 0 Å². The number of carbonyl (C=O) groups is 2. The van der Waals surface area contributed by atoms with Crippen molar-refractivity contribution in [2.24, 2.45) is 4.99 Å². The van der Waals surface area contributed by atoms with Gasteiger partial charge in [-0.1, -0.05) is 11.8 Å². The summed E-state index contributed by atoms with van der Waals surface area (Å²) in [5.74, 6) is 12.5. The van der Waals surface area contributed by atoms with Gasteiger partial charge in [-0.05, 0) is 115 Å². The second-order valence-electron chi connectivity index (χ2n) is 10.7. The molecule has 0 amide bonds. The Balaban J connectivity index is 1.88. The number of esters is 2. The summed E-state index contributed by atoms with van der Waals surface area (Å²) in [6, 6.07) is 14.2. The van der Waals surface area contributed by atoms with E-state index in [-0.39, 0.29) is 37.1 Å². The van der Waals surface area contributed by atoms with Crippen molar-refractivity contribution in [1.29, 1.82) is 0 Å². The normalized spacial score (nSPS) is 12.8. The molecule has 3 aromatic rings. The van der Waals surface area contributed by atoms with E-state index >= 15 is 0 Å². The Labute approximate surface area is 279 Å². The quantitative estimate of drug-likeness (QED) is 0.147. The minimum Gasteiger partial charge on any atom is -0.497 e. The molecule has 11 heteroatoms. The van der Waals surface area contributed by atoms with Crippen molar-refractivity contribution in [3.05, 3.63) is 99.0 Å². The lowest BCUT2D eigenvalue weighted by Crippen LogP contribution is -2.17. The zero-order valence-corrected chi connectivity index (χ0v) is 27.7. The molecule has 2 aromatic carbocycles. The number of halogens is 2.